The minimum absolute atomic E-state index is 0.0558. The average molecular weight is 334 g/mol. The van der Waals surface area contributed by atoms with Crippen LogP contribution in [0.2, 0.25) is 0 Å². The predicted molar refractivity (Wildman–Crippen MR) is 77.2 cm³/mol. The quantitative estimate of drug-likeness (QED) is 0.179. The fraction of sp³-hybridized carbons (Fsp3) is 0.667. The van der Waals surface area contributed by atoms with Crippen molar-refractivity contribution in [3.8, 4) is 0 Å². The van der Waals surface area contributed by atoms with E-state index < -0.39 is 38.1 Å². The number of hydrogen-bond acceptors (Lipinski definition) is 9. The molecule has 1 unspecified atom stereocenters. The molecule has 0 aliphatic rings. The van der Waals surface area contributed by atoms with E-state index in [0.29, 0.717) is 6.42 Å². The van der Waals surface area contributed by atoms with E-state index in [1.54, 1.807) is 0 Å². The number of hydrogen-bond donors (Lipinski definition) is 6. The van der Waals surface area contributed by atoms with Crippen molar-refractivity contribution >= 4 is 11.7 Å². The lowest BCUT2D eigenvalue weighted by atomic mass is 10.4. The van der Waals surface area contributed by atoms with Crippen molar-refractivity contribution < 1.29 is 34.8 Å². The third kappa shape index (κ3) is 5.65. The number of anilines is 1. The number of nitrogens with one attached hydrogen (secondary N) is 1. The van der Waals surface area contributed by atoms with Gasteiger partial charge in [-0.1, -0.05) is 0 Å². The molecule has 0 fully saturated rings. The molecule has 0 saturated carbocycles. The van der Waals surface area contributed by atoms with E-state index in [4.69, 9.17) is 30.6 Å². The Balaban J connectivity index is 2.68. The number of carbonyl (C=O) groups excluding carboxylic acids is 1. The van der Waals surface area contributed by atoms with Crippen LogP contribution in [0.4, 0.5) is 5.82 Å². The monoisotopic (exact) mass is 334 g/mol. The summed E-state index contributed by atoms with van der Waals surface area (Å²) in [6, 6.07) is 0. The van der Waals surface area contributed by atoms with Crippen LogP contribution in [0.25, 0.3) is 0 Å². The van der Waals surface area contributed by atoms with Gasteiger partial charge in [0.25, 0.3) is 5.91 Å². The number of aromatic nitrogens is 2. The Morgan fingerprint density at radius 1 is 1.30 bits per heavy atom. The summed E-state index contributed by atoms with van der Waals surface area (Å²) in [6.07, 6.45) is -0.637. The van der Waals surface area contributed by atoms with E-state index in [-0.39, 0.29) is 24.7 Å². The van der Waals surface area contributed by atoms with Crippen LogP contribution in [-0.4, -0.2) is 81.4 Å². The largest absolute Gasteiger partial charge is 0.396 e. The molecule has 0 spiro atoms. The van der Waals surface area contributed by atoms with Crippen LogP contribution in [-0.2, 0) is 4.74 Å². The van der Waals surface area contributed by atoms with E-state index in [0.717, 1.165) is 11.1 Å². The highest BCUT2D eigenvalue weighted by Gasteiger charge is 2.21. The van der Waals surface area contributed by atoms with Crippen LogP contribution in [0.5, 0.6) is 0 Å². The van der Waals surface area contributed by atoms with Gasteiger partial charge < -0.3 is 41.1 Å². The van der Waals surface area contributed by atoms with Crippen molar-refractivity contribution in [2.24, 2.45) is 0 Å². The predicted octanol–water partition coefficient (Wildman–Crippen LogP) is -3.31. The van der Waals surface area contributed by atoms with Gasteiger partial charge in [-0.25, -0.2) is 4.98 Å². The van der Waals surface area contributed by atoms with Gasteiger partial charge >= 0.3 is 0 Å². The van der Waals surface area contributed by atoms with Crippen molar-refractivity contribution in [2.75, 3.05) is 38.7 Å². The first-order valence-electron chi connectivity index (χ1n) is 6.94. The third-order valence-electron chi connectivity index (χ3n) is 2.74. The van der Waals surface area contributed by atoms with Gasteiger partial charge in [0.05, 0.1) is 13.2 Å². The van der Waals surface area contributed by atoms with Crippen molar-refractivity contribution in [1.29, 1.82) is 0 Å². The zero-order valence-corrected chi connectivity index (χ0v) is 12.5. The van der Waals surface area contributed by atoms with Crippen LogP contribution in [0.15, 0.2) is 6.33 Å². The molecule has 0 aromatic carbocycles. The second kappa shape index (κ2) is 9.97. The summed E-state index contributed by atoms with van der Waals surface area (Å²) in [5, 5.41) is 38.2. The lowest BCUT2D eigenvalue weighted by molar-refractivity contribution is -0.201. The maximum atomic E-state index is 11.8. The molecule has 1 heterocycles. The molecule has 1 aromatic rings. The normalized spacial score (nSPS) is 12.4. The van der Waals surface area contributed by atoms with Crippen molar-refractivity contribution in [2.45, 2.75) is 18.8 Å². The van der Waals surface area contributed by atoms with Crippen molar-refractivity contribution in [3.63, 3.8) is 0 Å². The molecule has 1 amide bonds. The number of nitrogen functional groups attached to an aromatic ring is 1. The van der Waals surface area contributed by atoms with Crippen LogP contribution in [0.1, 0.15) is 16.9 Å². The number of aliphatic hydroxyl groups excluding tert-OH is 4. The second-order valence-electron chi connectivity index (χ2n) is 4.48. The molecule has 1 aromatic heterocycles. The molecule has 0 radical (unpaired) electrons. The Labute approximate surface area is 132 Å². The molecule has 11 heteroatoms. The van der Waals surface area contributed by atoms with E-state index >= 15 is 0 Å². The van der Waals surface area contributed by atoms with Gasteiger partial charge in [-0.3, -0.25) is 4.79 Å². The molecule has 7 N–H and O–H groups in total. The highest BCUT2D eigenvalue weighted by atomic mass is 16.8. The SMILES string of the molecule is Nc1c(C(=O)NCCCO)ncn1OC(CO)OC(CO)CO. The summed E-state index contributed by atoms with van der Waals surface area (Å²) in [5.74, 6) is -0.651. The van der Waals surface area contributed by atoms with Crippen LogP contribution >= 0.6 is 0 Å². The summed E-state index contributed by atoms with van der Waals surface area (Å²) in [6.45, 7) is -1.30. The zero-order valence-electron chi connectivity index (χ0n) is 12.5. The Morgan fingerprint density at radius 3 is 2.57 bits per heavy atom. The zero-order chi connectivity index (χ0) is 17.2. The van der Waals surface area contributed by atoms with Crippen molar-refractivity contribution in [1.82, 2.24) is 15.0 Å². The number of aliphatic hydroxyl groups is 4. The summed E-state index contributed by atoms with van der Waals surface area (Å²) >= 11 is 0. The second-order valence-corrected chi connectivity index (χ2v) is 4.48. The number of nitrogens with two attached hydrogens (primary N) is 1. The first-order valence-corrected chi connectivity index (χ1v) is 6.94. The molecule has 1 atom stereocenters. The number of nitrogens with zero attached hydrogens (tertiary/aromatic N) is 2. The number of rotatable bonds is 11. The van der Waals surface area contributed by atoms with Gasteiger partial charge in [0.15, 0.2) is 11.5 Å². The number of ether oxygens (including phenoxy) is 1. The lowest BCUT2D eigenvalue weighted by Crippen LogP contribution is -2.38. The number of imidazole rings is 1. The van der Waals surface area contributed by atoms with Gasteiger partial charge in [-0.15, -0.1) is 0 Å². The maximum absolute atomic E-state index is 11.8. The third-order valence-corrected chi connectivity index (χ3v) is 2.74. The number of carbonyl (C=O) groups is 1. The van der Waals surface area contributed by atoms with Crippen LogP contribution < -0.4 is 15.9 Å². The molecular formula is C12H22N4O7. The van der Waals surface area contributed by atoms with Crippen molar-refractivity contribution in [3.05, 3.63) is 12.0 Å². The van der Waals surface area contributed by atoms with E-state index in [2.05, 4.69) is 10.3 Å². The van der Waals surface area contributed by atoms with Crippen LogP contribution in [0, 0.1) is 0 Å². The molecule has 11 nitrogen and oxygen atoms in total. The molecule has 0 aliphatic heterocycles. The summed E-state index contributed by atoms with van der Waals surface area (Å²) < 4.78 is 6.04. The van der Waals surface area contributed by atoms with Gasteiger partial charge in [0.2, 0.25) is 6.29 Å². The molecule has 0 aliphatic carbocycles. The Kier molecular flexibility index (Phi) is 8.29. The standard InChI is InChI=1S/C12H22N4O7/c13-11-10(12(21)14-2-1-3-17)15-7-16(11)23-9(6-20)22-8(4-18)5-19/h7-9,17-20H,1-6,13H2,(H,14,21). The minimum Gasteiger partial charge on any atom is -0.396 e. The van der Waals surface area contributed by atoms with Crippen LogP contribution in [0.3, 0.4) is 0 Å². The fourth-order valence-corrected chi connectivity index (χ4v) is 1.55. The Bertz CT molecular complexity index is 478. The molecule has 0 bridgehead atoms. The Morgan fingerprint density at radius 2 is 2.00 bits per heavy atom. The summed E-state index contributed by atoms with van der Waals surface area (Å²) in [7, 11) is 0. The Hall–Kier alpha value is -1.92. The first kappa shape index (κ1) is 19.1. The molecule has 132 valence electrons. The van der Waals surface area contributed by atoms with Gasteiger partial charge in [-0.05, 0) is 6.42 Å². The smallest absolute Gasteiger partial charge is 0.273 e. The molecular weight excluding hydrogens is 312 g/mol. The molecule has 1 rings (SSSR count). The van der Waals surface area contributed by atoms with Gasteiger partial charge in [0.1, 0.15) is 19.0 Å². The minimum atomic E-state index is -1.22. The topological polar surface area (TPSA) is 172 Å². The van der Waals surface area contributed by atoms with E-state index in [1.807, 2.05) is 0 Å². The summed E-state index contributed by atoms with van der Waals surface area (Å²) in [4.78, 5) is 20.8. The van der Waals surface area contributed by atoms with E-state index in [9.17, 15) is 9.90 Å². The van der Waals surface area contributed by atoms with E-state index in [1.165, 1.54) is 0 Å². The summed E-state index contributed by atoms with van der Waals surface area (Å²) in [5.41, 5.74) is 5.65. The van der Waals surface area contributed by atoms with Gasteiger partial charge in [0, 0.05) is 13.2 Å². The highest BCUT2D eigenvalue weighted by Crippen LogP contribution is 2.10. The molecule has 23 heavy (non-hydrogen) atoms. The number of amides is 1. The maximum Gasteiger partial charge on any atom is 0.273 e. The lowest BCUT2D eigenvalue weighted by Gasteiger charge is -2.21. The highest BCUT2D eigenvalue weighted by molar-refractivity contribution is 5.96. The average Bonchev–Trinajstić information content (AvgIpc) is 2.92. The first-order chi connectivity index (χ1) is 11.1. The fourth-order valence-electron chi connectivity index (χ4n) is 1.55. The van der Waals surface area contributed by atoms with Gasteiger partial charge in [-0.2, -0.15) is 4.73 Å². The molecule has 0 saturated heterocycles.